The highest BCUT2D eigenvalue weighted by Crippen LogP contribution is 2.40. The van der Waals surface area contributed by atoms with E-state index in [2.05, 4.69) is 55.2 Å². The molecule has 15 heavy (non-hydrogen) atoms. The Balaban J connectivity index is 2.22. The summed E-state index contributed by atoms with van der Waals surface area (Å²) in [6.45, 7) is 0. The molecule has 0 unspecified atom stereocenters. The van der Waals surface area contributed by atoms with E-state index in [0.29, 0.717) is 0 Å². The molecule has 0 radical (unpaired) electrons. The Morgan fingerprint density at radius 3 is 3.07 bits per heavy atom. The average Bonchev–Trinajstić information content (AvgIpc) is 2.76. The quantitative estimate of drug-likeness (QED) is 0.633. The van der Waals surface area contributed by atoms with Crippen LogP contribution in [0.2, 0.25) is 0 Å². The number of nitrogens with zero attached hydrogens (tertiary/aromatic N) is 1. The van der Waals surface area contributed by atoms with Crippen molar-refractivity contribution in [3.8, 4) is 11.3 Å². The van der Waals surface area contributed by atoms with Crippen LogP contribution in [0.4, 0.5) is 0 Å². The molecule has 0 aliphatic heterocycles. The maximum Gasteiger partial charge on any atom is 0.171 e. The Labute approximate surface area is 104 Å². The number of aromatic nitrogens is 1. The molecule has 0 saturated carbocycles. The summed E-state index contributed by atoms with van der Waals surface area (Å²) in [6.07, 6.45) is 0.933. The van der Waals surface area contributed by atoms with Crippen molar-refractivity contribution in [2.45, 2.75) is 11.8 Å². The minimum absolute atomic E-state index is 0.751. The van der Waals surface area contributed by atoms with E-state index in [1.165, 1.54) is 16.7 Å². The van der Waals surface area contributed by atoms with Crippen LogP contribution in [0.25, 0.3) is 11.3 Å². The molecule has 1 heterocycles. The number of hydrogen-bond donors (Lipinski definition) is 0. The molecule has 0 saturated heterocycles. The minimum atomic E-state index is 0.751. The first-order valence-corrected chi connectivity index (χ1v) is 6.53. The van der Waals surface area contributed by atoms with Crippen LogP contribution in [-0.4, -0.2) is 5.16 Å². The van der Waals surface area contributed by atoms with Gasteiger partial charge in [0.2, 0.25) is 0 Å². The molecule has 2 aromatic rings. The largest absolute Gasteiger partial charge is 0.356 e. The van der Waals surface area contributed by atoms with Gasteiger partial charge in [-0.1, -0.05) is 43.1 Å². The molecule has 2 nitrogen and oxygen atoms in total. The molecule has 4 heteroatoms. The first-order chi connectivity index (χ1) is 7.29. The second kappa shape index (κ2) is 3.46. The molecule has 0 N–H and O–H groups in total. The van der Waals surface area contributed by atoms with E-state index in [4.69, 9.17) is 4.52 Å². The lowest BCUT2D eigenvalue weighted by Gasteiger charge is -1.98. The standard InChI is InChI=1S/C11H7Br2NO/c12-5-10-9-3-6-1-2-7(13)4-8(6)11(9)15-14-10/h1-2,4H,3,5H2. The Kier molecular flexibility index (Phi) is 2.21. The van der Waals surface area contributed by atoms with Gasteiger partial charge in [-0.2, -0.15) is 0 Å². The van der Waals surface area contributed by atoms with Crippen molar-refractivity contribution in [1.29, 1.82) is 0 Å². The summed E-state index contributed by atoms with van der Waals surface area (Å²) in [7, 11) is 0. The van der Waals surface area contributed by atoms with Crippen LogP contribution < -0.4 is 0 Å². The second-order valence-corrected chi connectivity index (χ2v) is 5.03. The monoisotopic (exact) mass is 327 g/mol. The zero-order chi connectivity index (χ0) is 10.4. The zero-order valence-electron chi connectivity index (χ0n) is 7.76. The van der Waals surface area contributed by atoms with Gasteiger partial charge in [-0.3, -0.25) is 0 Å². The fourth-order valence-electron chi connectivity index (χ4n) is 1.95. The van der Waals surface area contributed by atoms with Gasteiger partial charge in [0, 0.05) is 27.4 Å². The predicted octanol–water partition coefficient (Wildman–Crippen LogP) is 3.90. The van der Waals surface area contributed by atoms with E-state index in [0.717, 1.165) is 27.7 Å². The van der Waals surface area contributed by atoms with Crippen molar-refractivity contribution in [3.05, 3.63) is 39.5 Å². The van der Waals surface area contributed by atoms with Gasteiger partial charge in [-0.15, -0.1) is 0 Å². The Morgan fingerprint density at radius 1 is 1.40 bits per heavy atom. The number of benzene rings is 1. The van der Waals surface area contributed by atoms with Gasteiger partial charge in [0.1, 0.15) is 0 Å². The van der Waals surface area contributed by atoms with E-state index in [9.17, 15) is 0 Å². The van der Waals surface area contributed by atoms with Crippen molar-refractivity contribution < 1.29 is 4.52 Å². The maximum atomic E-state index is 5.38. The van der Waals surface area contributed by atoms with Gasteiger partial charge in [0.05, 0.1) is 5.69 Å². The van der Waals surface area contributed by atoms with Crippen LogP contribution in [0.1, 0.15) is 16.8 Å². The summed E-state index contributed by atoms with van der Waals surface area (Å²) in [6, 6.07) is 6.28. The van der Waals surface area contributed by atoms with Crippen molar-refractivity contribution >= 4 is 31.9 Å². The van der Waals surface area contributed by atoms with Gasteiger partial charge < -0.3 is 4.52 Å². The van der Waals surface area contributed by atoms with E-state index < -0.39 is 0 Å². The van der Waals surface area contributed by atoms with E-state index >= 15 is 0 Å². The summed E-state index contributed by atoms with van der Waals surface area (Å²) in [5.74, 6) is 0.931. The lowest BCUT2D eigenvalue weighted by atomic mass is 10.1. The molecule has 1 aliphatic carbocycles. The zero-order valence-corrected chi connectivity index (χ0v) is 10.9. The highest BCUT2D eigenvalue weighted by molar-refractivity contribution is 9.10. The van der Waals surface area contributed by atoms with Crippen LogP contribution in [0.5, 0.6) is 0 Å². The molecule has 0 amide bonds. The highest BCUT2D eigenvalue weighted by atomic mass is 79.9. The minimum Gasteiger partial charge on any atom is -0.356 e. The average molecular weight is 329 g/mol. The summed E-state index contributed by atoms with van der Waals surface area (Å²) in [5.41, 5.74) is 4.72. The maximum absolute atomic E-state index is 5.38. The van der Waals surface area contributed by atoms with Gasteiger partial charge in [-0.05, 0) is 17.7 Å². The molecule has 1 aliphatic rings. The van der Waals surface area contributed by atoms with Gasteiger partial charge in [0.15, 0.2) is 5.76 Å². The fourth-order valence-corrected chi connectivity index (χ4v) is 2.75. The van der Waals surface area contributed by atoms with Crippen LogP contribution in [-0.2, 0) is 11.8 Å². The molecule has 1 aromatic carbocycles. The molecular weight excluding hydrogens is 322 g/mol. The Morgan fingerprint density at radius 2 is 2.27 bits per heavy atom. The molecule has 0 fully saturated rings. The number of rotatable bonds is 1. The Hall–Kier alpha value is -0.610. The van der Waals surface area contributed by atoms with Crippen LogP contribution in [0.15, 0.2) is 27.2 Å². The second-order valence-electron chi connectivity index (χ2n) is 3.55. The SMILES string of the molecule is BrCc1noc2c1Cc1ccc(Br)cc1-2. The first kappa shape index (κ1) is 9.60. The highest BCUT2D eigenvalue weighted by Gasteiger charge is 2.26. The summed E-state index contributed by atoms with van der Waals surface area (Å²) >= 11 is 6.89. The van der Waals surface area contributed by atoms with E-state index in [1.54, 1.807) is 0 Å². The van der Waals surface area contributed by atoms with E-state index in [-0.39, 0.29) is 0 Å². The van der Waals surface area contributed by atoms with Gasteiger partial charge in [0.25, 0.3) is 0 Å². The summed E-state index contributed by atoms with van der Waals surface area (Å²) in [5, 5.41) is 4.80. The molecule has 0 atom stereocenters. The molecule has 3 rings (SSSR count). The van der Waals surface area contributed by atoms with Crippen molar-refractivity contribution in [1.82, 2.24) is 5.16 Å². The topological polar surface area (TPSA) is 26.0 Å². The smallest absolute Gasteiger partial charge is 0.171 e. The fraction of sp³-hybridized carbons (Fsp3) is 0.182. The van der Waals surface area contributed by atoms with Gasteiger partial charge >= 0.3 is 0 Å². The van der Waals surface area contributed by atoms with Crippen LogP contribution >= 0.6 is 31.9 Å². The number of hydrogen-bond acceptors (Lipinski definition) is 2. The number of halogens is 2. The van der Waals surface area contributed by atoms with Crippen molar-refractivity contribution in [3.63, 3.8) is 0 Å². The third-order valence-corrected chi connectivity index (χ3v) is 3.70. The first-order valence-electron chi connectivity index (χ1n) is 4.62. The van der Waals surface area contributed by atoms with Crippen molar-refractivity contribution in [2.24, 2.45) is 0 Å². The molecule has 0 bridgehead atoms. The summed E-state index contributed by atoms with van der Waals surface area (Å²) in [4.78, 5) is 0. The molecular formula is C11H7Br2NO. The number of fused-ring (bicyclic) bond motifs is 3. The lowest BCUT2D eigenvalue weighted by molar-refractivity contribution is 0.427. The lowest BCUT2D eigenvalue weighted by Crippen LogP contribution is -1.86. The third kappa shape index (κ3) is 1.39. The third-order valence-electron chi connectivity index (χ3n) is 2.68. The van der Waals surface area contributed by atoms with Crippen LogP contribution in [0, 0.1) is 0 Å². The normalized spacial score (nSPS) is 12.7. The van der Waals surface area contributed by atoms with Crippen LogP contribution in [0.3, 0.4) is 0 Å². The molecule has 76 valence electrons. The number of alkyl halides is 1. The van der Waals surface area contributed by atoms with Gasteiger partial charge in [-0.25, -0.2) is 0 Å². The van der Waals surface area contributed by atoms with E-state index in [1.807, 2.05) is 0 Å². The predicted molar refractivity (Wildman–Crippen MR) is 65.1 cm³/mol. The molecule has 1 aromatic heterocycles. The summed E-state index contributed by atoms with van der Waals surface area (Å²) < 4.78 is 6.45. The Bertz CT molecular complexity index is 533. The molecule has 0 spiro atoms. The van der Waals surface area contributed by atoms with Crippen molar-refractivity contribution in [2.75, 3.05) is 0 Å².